The molecule has 6 nitrogen and oxygen atoms in total. The lowest BCUT2D eigenvalue weighted by Crippen LogP contribution is -2.45. The predicted molar refractivity (Wildman–Crippen MR) is 95.7 cm³/mol. The minimum atomic E-state index is -0.289. The second kappa shape index (κ2) is 10.3. The van der Waals surface area contributed by atoms with Gasteiger partial charge in [-0.3, -0.25) is 4.90 Å². The van der Waals surface area contributed by atoms with Crippen LogP contribution >= 0.6 is 0 Å². The van der Waals surface area contributed by atoms with E-state index in [0.29, 0.717) is 19.3 Å². The summed E-state index contributed by atoms with van der Waals surface area (Å²) in [6, 6.07) is 0.503. The first kappa shape index (κ1) is 18.9. The molecule has 25 heavy (non-hydrogen) atoms. The maximum absolute atomic E-state index is 11.9. The molecule has 2 atom stereocenters. The Kier molecular flexibility index (Phi) is 7.82. The normalized spacial score (nSPS) is 28.8. The van der Waals surface area contributed by atoms with Crippen molar-refractivity contribution in [3.8, 4) is 0 Å². The number of piperidine rings is 1. The summed E-state index contributed by atoms with van der Waals surface area (Å²) in [7, 11) is 0. The summed E-state index contributed by atoms with van der Waals surface area (Å²) in [4.78, 5) is 14.5. The first-order valence-corrected chi connectivity index (χ1v) is 10.1. The lowest BCUT2D eigenvalue weighted by molar-refractivity contribution is 0.0533. The molecule has 0 aromatic heterocycles. The van der Waals surface area contributed by atoms with Crippen molar-refractivity contribution >= 4 is 6.09 Å². The maximum Gasteiger partial charge on any atom is 0.407 e. The van der Waals surface area contributed by atoms with Gasteiger partial charge in [0, 0.05) is 25.9 Å². The molecule has 3 fully saturated rings. The summed E-state index contributed by atoms with van der Waals surface area (Å²) in [5.74, 6) is 0.840. The molecule has 0 aliphatic carbocycles. The van der Waals surface area contributed by atoms with Crippen LogP contribution in [0.5, 0.6) is 0 Å². The number of carbonyl (C=O) groups excluding carboxylic acids is 1. The SMILES string of the molecule is O=C(NC1CCOC1)OCC1CCCCN1CCCC1CCOCC1. The number of likely N-dealkylation sites (tertiary alicyclic amines) is 1. The molecule has 0 bridgehead atoms. The summed E-state index contributed by atoms with van der Waals surface area (Å²) in [5.41, 5.74) is 0. The molecule has 3 saturated heterocycles. The van der Waals surface area contributed by atoms with Crippen LogP contribution in [0.2, 0.25) is 0 Å². The Labute approximate surface area is 151 Å². The maximum atomic E-state index is 11.9. The van der Waals surface area contributed by atoms with Gasteiger partial charge in [0.25, 0.3) is 0 Å². The Balaban J connectivity index is 1.34. The van der Waals surface area contributed by atoms with Crippen LogP contribution in [0.3, 0.4) is 0 Å². The highest BCUT2D eigenvalue weighted by Gasteiger charge is 2.25. The number of hydrogen-bond donors (Lipinski definition) is 1. The van der Waals surface area contributed by atoms with Gasteiger partial charge in [-0.2, -0.15) is 0 Å². The van der Waals surface area contributed by atoms with Gasteiger partial charge in [0.2, 0.25) is 0 Å². The molecule has 0 spiro atoms. The van der Waals surface area contributed by atoms with E-state index in [-0.39, 0.29) is 12.1 Å². The zero-order valence-electron chi connectivity index (χ0n) is 15.4. The fraction of sp³-hybridized carbons (Fsp3) is 0.947. The van der Waals surface area contributed by atoms with E-state index < -0.39 is 0 Å². The zero-order chi connectivity index (χ0) is 17.3. The van der Waals surface area contributed by atoms with Crippen LogP contribution in [0, 0.1) is 5.92 Å². The van der Waals surface area contributed by atoms with Gasteiger partial charge in [-0.05, 0) is 64.0 Å². The summed E-state index contributed by atoms with van der Waals surface area (Å²) in [6.45, 7) is 5.99. The average Bonchev–Trinajstić information content (AvgIpc) is 3.15. The van der Waals surface area contributed by atoms with Crippen molar-refractivity contribution in [1.29, 1.82) is 0 Å². The standard InChI is InChI=1S/C19H34N2O4/c22-19(20-17-8-13-24-14-17)25-15-18-5-1-2-9-21(18)10-3-4-16-6-11-23-12-7-16/h16-18H,1-15H2,(H,20,22). The fourth-order valence-electron chi connectivity index (χ4n) is 4.19. The number of carbonyl (C=O) groups is 1. The van der Waals surface area contributed by atoms with E-state index in [2.05, 4.69) is 10.2 Å². The van der Waals surface area contributed by atoms with Crippen molar-refractivity contribution in [2.45, 2.75) is 63.5 Å². The molecular weight excluding hydrogens is 320 g/mol. The van der Waals surface area contributed by atoms with Gasteiger partial charge in [-0.15, -0.1) is 0 Å². The second-order valence-corrected chi connectivity index (χ2v) is 7.69. The number of amides is 1. The molecule has 3 aliphatic rings. The number of nitrogens with zero attached hydrogens (tertiary/aromatic N) is 1. The minimum absolute atomic E-state index is 0.120. The zero-order valence-corrected chi connectivity index (χ0v) is 15.4. The molecule has 0 aromatic carbocycles. The van der Waals surface area contributed by atoms with Crippen LogP contribution in [0.1, 0.15) is 51.4 Å². The molecule has 6 heteroatoms. The van der Waals surface area contributed by atoms with Crippen LogP contribution < -0.4 is 5.32 Å². The Morgan fingerprint density at radius 1 is 1.08 bits per heavy atom. The molecule has 2 unspecified atom stereocenters. The molecule has 0 radical (unpaired) electrons. The first-order chi connectivity index (χ1) is 12.3. The third kappa shape index (κ3) is 6.42. The third-order valence-corrected chi connectivity index (χ3v) is 5.81. The molecule has 3 rings (SSSR count). The number of nitrogens with one attached hydrogen (secondary N) is 1. The van der Waals surface area contributed by atoms with Crippen molar-refractivity contribution in [1.82, 2.24) is 10.2 Å². The first-order valence-electron chi connectivity index (χ1n) is 10.1. The van der Waals surface area contributed by atoms with E-state index >= 15 is 0 Å². The summed E-state index contributed by atoms with van der Waals surface area (Å²) in [5, 5.41) is 2.90. The number of alkyl carbamates (subject to hydrolysis) is 1. The summed E-state index contributed by atoms with van der Waals surface area (Å²) >= 11 is 0. The van der Waals surface area contributed by atoms with Gasteiger partial charge in [0.15, 0.2) is 0 Å². The molecule has 144 valence electrons. The lowest BCUT2D eigenvalue weighted by atomic mass is 9.94. The van der Waals surface area contributed by atoms with Crippen molar-refractivity contribution in [2.75, 3.05) is 46.1 Å². The van der Waals surface area contributed by atoms with Crippen LogP contribution in [0.25, 0.3) is 0 Å². The highest BCUT2D eigenvalue weighted by molar-refractivity contribution is 5.67. The number of hydrogen-bond acceptors (Lipinski definition) is 5. The monoisotopic (exact) mass is 354 g/mol. The number of ether oxygens (including phenoxy) is 3. The minimum Gasteiger partial charge on any atom is -0.448 e. The van der Waals surface area contributed by atoms with Crippen LogP contribution in [-0.2, 0) is 14.2 Å². The van der Waals surface area contributed by atoms with Gasteiger partial charge >= 0.3 is 6.09 Å². The van der Waals surface area contributed by atoms with Gasteiger partial charge in [-0.25, -0.2) is 4.79 Å². The lowest BCUT2D eigenvalue weighted by Gasteiger charge is -2.35. The van der Waals surface area contributed by atoms with Crippen LogP contribution in [-0.4, -0.2) is 69.2 Å². The van der Waals surface area contributed by atoms with Crippen molar-refractivity contribution in [2.24, 2.45) is 5.92 Å². The summed E-state index contributed by atoms with van der Waals surface area (Å²) < 4.78 is 16.2. The topological polar surface area (TPSA) is 60.0 Å². The molecule has 3 heterocycles. The molecule has 0 aromatic rings. The van der Waals surface area contributed by atoms with E-state index in [4.69, 9.17) is 14.2 Å². The Bertz CT molecular complexity index is 395. The average molecular weight is 354 g/mol. The predicted octanol–water partition coefficient (Wildman–Crippen LogP) is 2.56. The highest BCUT2D eigenvalue weighted by atomic mass is 16.6. The van der Waals surface area contributed by atoms with E-state index in [9.17, 15) is 4.79 Å². The Hall–Kier alpha value is -0.850. The molecular formula is C19H34N2O4. The van der Waals surface area contributed by atoms with Crippen LogP contribution in [0.15, 0.2) is 0 Å². The van der Waals surface area contributed by atoms with E-state index in [1.807, 2.05) is 0 Å². The van der Waals surface area contributed by atoms with Crippen molar-refractivity contribution in [3.05, 3.63) is 0 Å². The van der Waals surface area contributed by atoms with E-state index in [1.54, 1.807) is 0 Å². The van der Waals surface area contributed by atoms with E-state index in [1.165, 1.54) is 38.5 Å². The molecule has 3 aliphatic heterocycles. The van der Waals surface area contributed by atoms with Gasteiger partial charge < -0.3 is 19.5 Å². The molecule has 1 N–H and O–H groups in total. The largest absolute Gasteiger partial charge is 0.448 e. The number of rotatable bonds is 7. The third-order valence-electron chi connectivity index (χ3n) is 5.81. The highest BCUT2D eigenvalue weighted by Crippen LogP contribution is 2.22. The van der Waals surface area contributed by atoms with Crippen molar-refractivity contribution in [3.63, 3.8) is 0 Å². The Morgan fingerprint density at radius 3 is 2.72 bits per heavy atom. The van der Waals surface area contributed by atoms with Gasteiger partial charge in [-0.1, -0.05) is 6.42 Å². The van der Waals surface area contributed by atoms with E-state index in [0.717, 1.165) is 51.7 Å². The summed E-state index contributed by atoms with van der Waals surface area (Å²) in [6.07, 6.45) is 9.22. The van der Waals surface area contributed by atoms with Gasteiger partial charge in [0.1, 0.15) is 6.61 Å². The van der Waals surface area contributed by atoms with Gasteiger partial charge in [0.05, 0.1) is 12.6 Å². The Morgan fingerprint density at radius 2 is 1.92 bits per heavy atom. The molecule has 1 amide bonds. The second-order valence-electron chi connectivity index (χ2n) is 7.69. The smallest absolute Gasteiger partial charge is 0.407 e. The molecule has 0 saturated carbocycles. The van der Waals surface area contributed by atoms with Crippen LogP contribution in [0.4, 0.5) is 4.79 Å². The quantitative estimate of drug-likeness (QED) is 0.761. The van der Waals surface area contributed by atoms with Crippen molar-refractivity contribution < 1.29 is 19.0 Å². The fourth-order valence-corrected chi connectivity index (χ4v) is 4.19.